The minimum absolute atomic E-state index is 0.228. The van der Waals surface area contributed by atoms with E-state index < -0.39 is 5.97 Å². The van der Waals surface area contributed by atoms with Gasteiger partial charge in [-0.2, -0.15) is 0 Å². The first-order chi connectivity index (χ1) is 15.2. The van der Waals surface area contributed by atoms with Gasteiger partial charge in [0.1, 0.15) is 0 Å². The van der Waals surface area contributed by atoms with E-state index >= 15 is 0 Å². The van der Waals surface area contributed by atoms with Crippen molar-refractivity contribution in [2.45, 2.75) is 12.5 Å². The van der Waals surface area contributed by atoms with Crippen molar-refractivity contribution in [2.75, 3.05) is 6.61 Å². The highest BCUT2D eigenvalue weighted by molar-refractivity contribution is 6.03. The van der Waals surface area contributed by atoms with Crippen LogP contribution in [0, 0.1) is 0 Å². The fraction of sp³-hybridized carbons (Fsp3) is 0.115. The molecule has 4 aromatic rings. The van der Waals surface area contributed by atoms with Crippen molar-refractivity contribution < 1.29 is 14.3 Å². The average Bonchev–Trinajstić information content (AvgIpc) is 2.83. The molecule has 5 heteroatoms. The largest absolute Gasteiger partial charge is 0.452 e. The van der Waals surface area contributed by atoms with Crippen LogP contribution in [0.5, 0.6) is 0 Å². The fourth-order valence-corrected chi connectivity index (χ4v) is 3.50. The maximum Gasteiger partial charge on any atom is 0.340 e. The van der Waals surface area contributed by atoms with E-state index in [1.54, 1.807) is 24.4 Å². The van der Waals surface area contributed by atoms with Gasteiger partial charge in [0.05, 0.1) is 17.1 Å². The molecule has 0 radical (unpaired) electrons. The number of benzene rings is 3. The van der Waals surface area contributed by atoms with Gasteiger partial charge in [0.25, 0.3) is 5.91 Å². The standard InChI is InChI=1S/C26H22N2O3/c29-24(18-31-26(30)22-15-7-13-21-14-8-16-27-25(21)22)28-23(20-11-5-2-6-12-20)17-19-9-3-1-4-10-19/h1-16,23H,17-18H2,(H,28,29)/t23-/m0/s1. The minimum atomic E-state index is -0.571. The molecule has 1 aromatic heterocycles. The van der Waals surface area contributed by atoms with Crippen molar-refractivity contribution in [3.05, 3.63) is 114 Å². The summed E-state index contributed by atoms with van der Waals surface area (Å²) in [5.41, 5.74) is 3.00. The Hall–Kier alpha value is -3.99. The number of nitrogens with zero attached hydrogens (tertiary/aromatic N) is 1. The zero-order valence-electron chi connectivity index (χ0n) is 16.9. The molecule has 31 heavy (non-hydrogen) atoms. The van der Waals surface area contributed by atoms with Gasteiger partial charge in [0, 0.05) is 11.6 Å². The van der Waals surface area contributed by atoms with Crippen LogP contribution < -0.4 is 5.32 Å². The van der Waals surface area contributed by atoms with Gasteiger partial charge >= 0.3 is 5.97 Å². The Morgan fingerprint density at radius 1 is 0.839 bits per heavy atom. The first-order valence-electron chi connectivity index (χ1n) is 10.1. The fourth-order valence-electron chi connectivity index (χ4n) is 3.50. The lowest BCUT2D eigenvalue weighted by atomic mass is 9.99. The number of nitrogens with one attached hydrogen (secondary N) is 1. The molecule has 0 unspecified atom stereocenters. The predicted molar refractivity (Wildman–Crippen MR) is 119 cm³/mol. The molecule has 1 heterocycles. The summed E-state index contributed by atoms with van der Waals surface area (Å²) in [6, 6.07) is 28.5. The first-order valence-corrected chi connectivity index (χ1v) is 10.1. The molecule has 5 nitrogen and oxygen atoms in total. The lowest BCUT2D eigenvalue weighted by Gasteiger charge is -2.19. The molecule has 0 aliphatic rings. The van der Waals surface area contributed by atoms with Gasteiger partial charge < -0.3 is 10.1 Å². The molecule has 3 aromatic carbocycles. The zero-order valence-corrected chi connectivity index (χ0v) is 16.9. The van der Waals surface area contributed by atoms with Crippen molar-refractivity contribution in [3.8, 4) is 0 Å². The molecule has 1 amide bonds. The van der Waals surface area contributed by atoms with Gasteiger partial charge in [-0.3, -0.25) is 9.78 Å². The van der Waals surface area contributed by atoms with Gasteiger partial charge in [-0.05, 0) is 29.7 Å². The first kappa shape index (κ1) is 20.3. The van der Waals surface area contributed by atoms with Crippen LogP contribution in [0.1, 0.15) is 27.5 Å². The van der Waals surface area contributed by atoms with Crippen LogP contribution in [-0.4, -0.2) is 23.5 Å². The summed E-state index contributed by atoms with van der Waals surface area (Å²) in [5, 5.41) is 3.84. The summed E-state index contributed by atoms with van der Waals surface area (Å²) >= 11 is 0. The van der Waals surface area contributed by atoms with Crippen LogP contribution in [-0.2, 0) is 16.0 Å². The Morgan fingerprint density at radius 3 is 2.32 bits per heavy atom. The molecular weight excluding hydrogens is 388 g/mol. The molecule has 4 rings (SSSR count). The Labute approximate surface area is 180 Å². The molecule has 0 aliphatic carbocycles. The summed E-state index contributed by atoms with van der Waals surface area (Å²) in [4.78, 5) is 29.4. The van der Waals surface area contributed by atoms with E-state index in [-0.39, 0.29) is 18.6 Å². The van der Waals surface area contributed by atoms with Crippen molar-refractivity contribution >= 4 is 22.8 Å². The molecule has 1 atom stereocenters. The molecule has 0 bridgehead atoms. The second-order valence-electron chi connectivity index (χ2n) is 7.18. The molecule has 0 fully saturated rings. The molecule has 0 spiro atoms. The smallest absolute Gasteiger partial charge is 0.340 e. The van der Waals surface area contributed by atoms with Gasteiger partial charge in [-0.1, -0.05) is 78.9 Å². The molecule has 0 saturated carbocycles. The summed E-state index contributed by atoms with van der Waals surface area (Å²) in [6.07, 6.45) is 2.26. The number of carbonyl (C=O) groups is 2. The van der Waals surface area contributed by atoms with Crippen molar-refractivity contribution in [1.29, 1.82) is 0 Å². The van der Waals surface area contributed by atoms with Crippen molar-refractivity contribution in [1.82, 2.24) is 10.3 Å². The number of carbonyl (C=O) groups excluding carboxylic acids is 2. The van der Waals surface area contributed by atoms with E-state index in [1.807, 2.05) is 72.8 Å². The van der Waals surface area contributed by atoms with Crippen LogP contribution in [0.4, 0.5) is 0 Å². The Morgan fingerprint density at radius 2 is 1.55 bits per heavy atom. The maximum atomic E-state index is 12.6. The monoisotopic (exact) mass is 410 g/mol. The summed E-state index contributed by atoms with van der Waals surface area (Å²) < 4.78 is 5.29. The van der Waals surface area contributed by atoms with E-state index in [0.29, 0.717) is 17.5 Å². The molecule has 1 N–H and O–H groups in total. The van der Waals surface area contributed by atoms with Gasteiger partial charge in [-0.15, -0.1) is 0 Å². The Bertz CT molecular complexity index is 1170. The lowest BCUT2D eigenvalue weighted by Crippen LogP contribution is -2.33. The van der Waals surface area contributed by atoms with E-state index in [9.17, 15) is 9.59 Å². The number of ether oxygens (including phenoxy) is 1. The van der Waals surface area contributed by atoms with Gasteiger partial charge in [0.15, 0.2) is 6.61 Å². The number of fused-ring (bicyclic) bond motifs is 1. The summed E-state index contributed by atoms with van der Waals surface area (Å²) in [7, 11) is 0. The quantitative estimate of drug-likeness (QED) is 0.456. The predicted octanol–water partition coefficient (Wildman–Crippen LogP) is 4.49. The summed E-state index contributed by atoms with van der Waals surface area (Å²) in [5.74, 6) is -0.926. The lowest BCUT2D eigenvalue weighted by molar-refractivity contribution is -0.125. The molecule has 154 valence electrons. The van der Waals surface area contributed by atoms with Gasteiger partial charge in [-0.25, -0.2) is 4.79 Å². The third-order valence-electron chi connectivity index (χ3n) is 5.01. The highest BCUT2D eigenvalue weighted by Crippen LogP contribution is 2.19. The van der Waals surface area contributed by atoms with Crippen LogP contribution in [0.3, 0.4) is 0 Å². The number of hydrogen-bond acceptors (Lipinski definition) is 4. The number of esters is 1. The second kappa shape index (κ2) is 9.67. The van der Waals surface area contributed by atoms with E-state index in [4.69, 9.17) is 4.74 Å². The average molecular weight is 410 g/mol. The zero-order chi connectivity index (χ0) is 21.5. The van der Waals surface area contributed by atoms with E-state index in [1.165, 1.54) is 0 Å². The van der Waals surface area contributed by atoms with Crippen LogP contribution >= 0.6 is 0 Å². The number of hydrogen-bond donors (Lipinski definition) is 1. The normalized spacial score (nSPS) is 11.6. The second-order valence-corrected chi connectivity index (χ2v) is 7.18. The number of rotatable bonds is 7. The number of amides is 1. The van der Waals surface area contributed by atoms with Gasteiger partial charge in [0.2, 0.25) is 0 Å². The molecule has 0 aliphatic heterocycles. The number of aromatic nitrogens is 1. The maximum absolute atomic E-state index is 12.6. The highest BCUT2D eigenvalue weighted by Gasteiger charge is 2.18. The Balaban J connectivity index is 1.43. The van der Waals surface area contributed by atoms with Crippen molar-refractivity contribution in [2.24, 2.45) is 0 Å². The summed E-state index contributed by atoms with van der Waals surface area (Å²) in [6.45, 7) is -0.361. The third-order valence-corrected chi connectivity index (χ3v) is 5.01. The van der Waals surface area contributed by atoms with Crippen LogP contribution in [0.15, 0.2) is 97.2 Å². The van der Waals surface area contributed by atoms with Crippen LogP contribution in [0.2, 0.25) is 0 Å². The number of para-hydroxylation sites is 1. The highest BCUT2D eigenvalue weighted by atomic mass is 16.5. The number of pyridine rings is 1. The minimum Gasteiger partial charge on any atom is -0.452 e. The molecule has 0 saturated heterocycles. The SMILES string of the molecule is O=C(COC(=O)c1cccc2cccnc12)N[C@@H](Cc1ccccc1)c1ccccc1. The van der Waals surface area contributed by atoms with E-state index in [0.717, 1.165) is 16.5 Å². The van der Waals surface area contributed by atoms with Crippen molar-refractivity contribution in [3.63, 3.8) is 0 Å². The third kappa shape index (κ3) is 5.14. The van der Waals surface area contributed by atoms with Crippen LogP contribution in [0.25, 0.3) is 10.9 Å². The Kier molecular flexibility index (Phi) is 6.33. The van der Waals surface area contributed by atoms with E-state index in [2.05, 4.69) is 10.3 Å². The molecular formula is C26H22N2O3. The topological polar surface area (TPSA) is 68.3 Å².